The predicted molar refractivity (Wildman–Crippen MR) is 113 cm³/mol. The van der Waals surface area contributed by atoms with Crippen LogP contribution in [-0.2, 0) is 0 Å². The van der Waals surface area contributed by atoms with E-state index in [9.17, 15) is 4.79 Å². The van der Waals surface area contributed by atoms with Crippen LogP contribution in [0.15, 0.2) is 40.9 Å². The number of benzene rings is 2. The Morgan fingerprint density at radius 2 is 1.85 bits per heavy atom. The minimum atomic E-state index is -0.167. The number of nitrogens with one attached hydrogen (secondary N) is 1. The van der Waals surface area contributed by atoms with Gasteiger partial charge in [-0.2, -0.15) is 0 Å². The fourth-order valence-electron chi connectivity index (χ4n) is 3.86. The molecule has 2 aromatic carbocycles. The van der Waals surface area contributed by atoms with Crippen LogP contribution >= 0.6 is 15.9 Å². The number of nitrogen functional groups attached to an aromatic ring is 1. The van der Waals surface area contributed by atoms with Crippen molar-refractivity contribution in [2.45, 2.75) is 27.2 Å². The minimum Gasteiger partial charge on any atom is -0.397 e. The summed E-state index contributed by atoms with van der Waals surface area (Å²) in [5.41, 5.74) is 10.3. The van der Waals surface area contributed by atoms with Gasteiger partial charge in [-0.3, -0.25) is 4.79 Å². The van der Waals surface area contributed by atoms with E-state index in [1.807, 2.05) is 30.3 Å². The summed E-state index contributed by atoms with van der Waals surface area (Å²) in [6.45, 7) is 8.74. The van der Waals surface area contributed by atoms with E-state index in [2.05, 4.69) is 46.9 Å². The first kappa shape index (κ1) is 18.8. The largest absolute Gasteiger partial charge is 0.397 e. The van der Waals surface area contributed by atoms with Gasteiger partial charge in [-0.15, -0.1) is 0 Å². The van der Waals surface area contributed by atoms with Crippen molar-refractivity contribution in [1.82, 2.24) is 0 Å². The van der Waals surface area contributed by atoms with Gasteiger partial charge in [-0.25, -0.2) is 0 Å². The maximum absolute atomic E-state index is 12.7. The molecule has 4 nitrogen and oxygen atoms in total. The highest BCUT2D eigenvalue weighted by atomic mass is 79.9. The first-order chi connectivity index (χ1) is 12.3. The fraction of sp³-hybridized carbons (Fsp3) is 0.381. The second kappa shape index (κ2) is 7.70. The summed E-state index contributed by atoms with van der Waals surface area (Å²) in [6, 6.07) is 11.4. The molecule has 2 atom stereocenters. The average molecular weight is 416 g/mol. The van der Waals surface area contributed by atoms with E-state index in [1.54, 1.807) is 6.07 Å². The Labute approximate surface area is 163 Å². The lowest BCUT2D eigenvalue weighted by Crippen LogP contribution is -2.39. The third kappa shape index (κ3) is 4.04. The van der Waals surface area contributed by atoms with Gasteiger partial charge in [0.05, 0.1) is 16.9 Å². The van der Waals surface area contributed by atoms with Gasteiger partial charge in [-0.05, 0) is 70.9 Å². The summed E-state index contributed by atoms with van der Waals surface area (Å²) >= 11 is 3.43. The third-order valence-corrected chi connectivity index (χ3v) is 5.64. The van der Waals surface area contributed by atoms with Crippen molar-refractivity contribution in [3.8, 4) is 0 Å². The van der Waals surface area contributed by atoms with E-state index < -0.39 is 0 Å². The molecule has 26 heavy (non-hydrogen) atoms. The molecule has 0 unspecified atom stereocenters. The Morgan fingerprint density at radius 1 is 1.19 bits per heavy atom. The number of aryl methyl sites for hydroxylation is 1. The number of carbonyl (C=O) groups is 1. The number of hydrogen-bond acceptors (Lipinski definition) is 3. The molecule has 0 aliphatic carbocycles. The minimum absolute atomic E-state index is 0.167. The van der Waals surface area contributed by atoms with Crippen molar-refractivity contribution in [2.75, 3.05) is 29.0 Å². The molecule has 5 heteroatoms. The molecule has 0 aromatic heterocycles. The van der Waals surface area contributed by atoms with Crippen LogP contribution in [0, 0.1) is 18.8 Å². The van der Waals surface area contributed by atoms with Gasteiger partial charge in [-0.1, -0.05) is 26.0 Å². The van der Waals surface area contributed by atoms with Gasteiger partial charge < -0.3 is 16.0 Å². The van der Waals surface area contributed by atoms with Crippen LogP contribution in [0.25, 0.3) is 0 Å². The number of halogens is 1. The molecule has 1 saturated heterocycles. The van der Waals surface area contributed by atoms with Crippen molar-refractivity contribution in [1.29, 1.82) is 0 Å². The van der Waals surface area contributed by atoms with Crippen LogP contribution in [0.3, 0.4) is 0 Å². The molecule has 3 N–H and O–H groups in total. The summed E-state index contributed by atoms with van der Waals surface area (Å²) in [7, 11) is 0. The van der Waals surface area contributed by atoms with Gasteiger partial charge in [0.1, 0.15) is 0 Å². The average Bonchev–Trinajstić information content (AvgIpc) is 2.56. The van der Waals surface area contributed by atoms with E-state index >= 15 is 0 Å². The first-order valence-electron chi connectivity index (χ1n) is 9.06. The molecular formula is C21H26BrN3O. The number of carbonyl (C=O) groups excluding carboxylic acids is 1. The van der Waals surface area contributed by atoms with Crippen molar-refractivity contribution in [3.05, 3.63) is 52.0 Å². The molecule has 1 aliphatic rings. The van der Waals surface area contributed by atoms with Gasteiger partial charge in [0.15, 0.2) is 0 Å². The summed E-state index contributed by atoms with van der Waals surface area (Å²) in [4.78, 5) is 15.1. The zero-order chi connectivity index (χ0) is 18.8. The Bertz CT molecular complexity index is 811. The molecule has 3 rings (SSSR count). The van der Waals surface area contributed by atoms with E-state index in [-0.39, 0.29) is 5.91 Å². The number of piperidine rings is 1. The van der Waals surface area contributed by atoms with E-state index in [4.69, 9.17) is 5.73 Å². The highest BCUT2D eigenvalue weighted by molar-refractivity contribution is 9.10. The first-order valence-corrected chi connectivity index (χ1v) is 9.85. The monoisotopic (exact) mass is 415 g/mol. The van der Waals surface area contributed by atoms with Crippen molar-refractivity contribution in [2.24, 2.45) is 11.8 Å². The molecule has 1 fully saturated rings. The van der Waals surface area contributed by atoms with Gasteiger partial charge in [0.2, 0.25) is 0 Å². The second-order valence-corrected chi connectivity index (χ2v) is 8.37. The fourth-order valence-corrected chi connectivity index (χ4v) is 4.33. The van der Waals surface area contributed by atoms with Crippen LogP contribution in [-0.4, -0.2) is 19.0 Å². The Kier molecular flexibility index (Phi) is 5.56. The summed E-state index contributed by atoms with van der Waals surface area (Å²) in [6.07, 6.45) is 1.26. The molecular weight excluding hydrogens is 390 g/mol. The standard InChI is InChI=1S/C21H26BrN3O/c1-13-8-14(2)12-25(11-13)20-10-19(18(23)9-15(20)3)24-21(26)16-6-4-5-7-17(16)22/h4-7,9-10,13-14H,8,11-12,23H2,1-3H3,(H,24,26)/t13-,14-/m1/s1. The number of amides is 1. The number of nitrogens with zero attached hydrogens (tertiary/aromatic N) is 1. The van der Waals surface area contributed by atoms with Crippen molar-refractivity contribution in [3.63, 3.8) is 0 Å². The quantitative estimate of drug-likeness (QED) is 0.687. The number of rotatable bonds is 3. The van der Waals surface area contributed by atoms with Crippen LogP contribution in [0.2, 0.25) is 0 Å². The molecule has 2 aromatic rings. The Morgan fingerprint density at radius 3 is 2.50 bits per heavy atom. The Balaban J connectivity index is 1.89. The highest BCUT2D eigenvalue weighted by Gasteiger charge is 2.24. The molecule has 1 aliphatic heterocycles. The lowest BCUT2D eigenvalue weighted by atomic mass is 9.91. The summed E-state index contributed by atoms with van der Waals surface area (Å²) in [5, 5.41) is 2.98. The molecule has 1 amide bonds. The van der Waals surface area contributed by atoms with Crippen LogP contribution in [0.5, 0.6) is 0 Å². The van der Waals surface area contributed by atoms with E-state index in [1.165, 1.54) is 6.42 Å². The molecule has 1 heterocycles. The highest BCUT2D eigenvalue weighted by Crippen LogP contribution is 2.34. The molecule has 0 spiro atoms. The SMILES string of the molecule is Cc1cc(N)c(NC(=O)c2ccccc2Br)cc1N1C[C@H](C)C[C@@H](C)C1. The van der Waals surface area contributed by atoms with Crippen molar-refractivity contribution >= 4 is 38.9 Å². The smallest absolute Gasteiger partial charge is 0.256 e. The van der Waals surface area contributed by atoms with Gasteiger partial charge in [0, 0.05) is 23.2 Å². The third-order valence-electron chi connectivity index (χ3n) is 4.94. The van der Waals surface area contributed by atoms with Gasteiger partial charge in [0.25, 0.3) is 5.91 Å². The number of anilines is 3. The van der Waals surface area contributed by atoms with E-state index in [0.29, 0.717) is 28.8 Å². The van der Waals surface area contributed by atoms with Crippen LogP contribution < -0.4 is 16.0 Å². The normalized spacial score (nSPS) is 20.1. The van der Waals surface area contributed by atoms with Crippen LogP contribution in [0.1, 0.15) is 36.2 Å². The Hall–Kier alpha value is -2.01. The molecule has 0 radical (unpaired) electrons. The lowest BCUT2D eigenvalue weighted by Gasteiger charge is -2.37. The predicted octanol–water partition coefficient (Wildman–Crippen LogP) is 5.07. The summed E-state index contributed by atoms with van der Waals surface area (Å²) < 4.78 is 0.766. The zero-order valence-corrected chi connectivity index (χ0v) is 17.1. The summed E-state index contributed by atoms with van der Waals surface area (Å²) in [5.74, 6) is 1.15. The number of nitrogens with two attached hydrogens (primary N) is 1. The van der Waals surface area contributed by atoms with Gasteiger partial charge >= 0.3 is 0 Å². The zero-order valence-electron chi connectivity index (χ0n) is 15.6. The maximum Gasteiger partial charge on any atom is 0.256 e. The van der Waals surface area contributed by atoms with Crippen molar-refractivity contribution < 1.29 is 4.79 Å². The maximum atomic E-state index is 12.7. The molecule has 138 valence electrons. The molecule has 0 saturated carbocycles. The van der Waals surface area contributed by atoms with E-state index in [0.717, 1.165) is 28.8 Å². The second-order valence-electron chi connectivity index (χ2n) is 7.51. The van der Waals surface area contributed by atoms with Crippen LogP contribution in [0.4, 0.5) is 17.1 Å². The topological polar surface area (TPSA) is 58.4 Å². The molecule has 0 bridgehead atoms. The lowest BCUT2D eigenvalue weighted by molar-refractivity contribution is 0.102. The number of hydrogen-bond donors (Lipinski definition) is 2.